The van der Waals surface area contributed by atoms with Crippen LogP contribution in [0.2, 0.25) is 0 Å². The van der Waals surface area contributed by atoms with Crippen LogP contribution in [0.3, 0.4) is 0 Å². The Hall–Kier alpha value is -1.22. The Bertz CT molecular complexity index is 350. The number of methoxy groups -OCH3 is 1. The number of benzene rings is 1. The van der Waals surface area contributed by atoms with E-state index in [1.807, 2.05) is 25.1 Å². The van der Waals surface area contributed by atoms with Crippen LogP contribution in [0.25, 0.3) is 0 Å². The zero-order valence-corrected chi connectivity index (χ0v) is 11.7. The van der Waals surface area contributed by atoms with E-state index in [2.05, 4.69) is 6.92 Å². The predicted molar refractivity (Wildman–Crippen MR) is 75.2 cm³/mol. The Morgan fingerprint density at radius 2 is 1.89 bits per heavy atom. The monoisotopic (exact) mass is 251 g/mol. The van der Waals surface area contributed by atoms with Crippen LogP contribution in [-0.4, -0.2) is 13.7 Å². The highest BCUT2D eigenvalue weighted by Crippen LogP contribution is 2.32. The lowest BCUT2D eigenvalue weighted by atomic mass is 10.1. The molecule has 0 spiro atoms. The molecule has 0 aliphatic heterocycles. The molecule has 0 aliphatic carbocycles. The van der Waals surface area contributed by atoms with Gasteiger partial charge < -0.3 is 15.2 Å². The van der Waals surface area contributed by atoms with E-state index in [9.17, 15) is 0 Å². The van der Waals surface area contributed by atoms with Crippen molar-refractivity contribution in [3.8, 4) is 11.5 Å². The third-order valence-electron chi connectivity index (χ3n) is 2.96. The summed E-state index contributed by atoms with van der Waals surface area (Å²) in [5.41, 5.74) is 6.94. The molecule has 18 heavy (non-hydrogen) atoms. The van der Waals surface area contributed by atoms with Gasteiger partial charge in [-0.3, -0.25) is 0 Å². The van der Waals surface area contributed by atoms with Crippen molar-refractivity contribution < 1.29 is 9.47 Å². The largest absolute Gasteiger partial charge is 0.496 e. The minimum atomic E-state index is -0.0909. The molecule has 3 heteroatoms. The van der Waals surface area contributed by atoms with Crippen molar-refractivity contribution in [3.05, 3.63) is 23.8 Å². The van der Waals surface area contributed by atoms with E-state index in [-0.39, 0.29) is 6.04 Å². The van der Waals surface area contributed by atoms with Crippen molar-refractivity contribution in [2.24, 2.45) is 5.73 Å². The quantitative estimate of drug-likeness (QED) is 0.717. The zero-order chi connectivity index (χ0) is 13.4. The average Bonchev–Trinajstić information content (AvgIpc) is 2.37. The average molecular weight is 251 g/mol. The second-order valence-corrected chi connectivity index (χ2v) is 4.57. The van der Waals surface area contributed by atoms with Crippen LogP contribution in [0.1, 0.15) is 51.1 Å². The second kappa shape index (κ2) is 7.98. The van der Waals surface area contributed by atoms with E-state index in [1.54, 1.807) is 7.11 Å². The zero-order valence-electron chi connectivity index (χ0n) is 11.7. The molecule has 0 saturated heterocycles. The van der Waals surface area contributed by atoms with Gasteiger partial charge in [0.2, 0.25) is 0 Å². The Morgan fingerprint density at radius 1 is 1.17 bits per heavy atom. The Morgan fingerprint density at radius 3 is 2.50 bits per heavy atom. The summed E-state index contributed by atoms with van der Waals surface area (Å²) in [7, 11) is 1.66. The SMILES string of the molecule is CCCCCCOc1cccc(OC)c1C(C)N. The normalized spacial score (nSPS) is 12.2. The van der Waals surface area contributed by atoms with E-state index in [0.717, 1.165) is 30.1 Å². The smallest absolute Gasteiger partial charge is 0.127 e. The molecule has 0 aromatic heterocycles. The highest BCUT2D eigenvalue weighted by Gasteiger charge is 2.13. The van der Waals surface area contributed by atoms with Gasteiger partial charge in [0.15, 0.2) is 0 Å². The number of ether oxygens (including phenoxy) is 2. The van der Waals surface area contributed by atoms with E-state index in [1.165, 1.54) is 19.3 Å². The molecule has 0 fully saturated rings. The molecule has 1 atom stereocenters. The van der Waals surface area contributed by atoms with E-state index < -0.39 is 0 Å². The standard InChI is InChI=1S/C15H25NO2/c1-4-5-6-7-11-18-14-10-8-9-13(17-3)15(14)12(2)16/h8-10,12H,4-7,11,16H2,1-3H3. The molecule has 1 unspecified atom stereocenters. The fraction of sp³-hybridized carbons (Fsp3) is 0.600. The van der Waals surface area contributed by atoms with E-state index in [0.29, 0.717) is 0 Å². The summed E-state index contributed by atoms with van der Waals surface area (Å²) in [4.78, 5) is 0. The van der Waals surface area contributed by atoms with Crippen molar-refractivity contribution in [2.45, 2.75) is 45.6 Å². The first kappa shape index (κ1) is 14.8. The molecule has 1 aromatic carbocycles. The molecule has 0 heterocycles. The maximum Gasteiger partial charge on any atom is 0.127 e. The van der Waals surface area contributed by atoms with Crippen LogP contribution in [0.5, 0.6) is 11.5 Å². The van der Waals surface area contributed by atoms with Crippen molar-refractivity contribution in [2.75, 3.05) is 13.7 Å². The third-order valence-corrected chi connectivity index (χ3v) is 2.96. The molecule has 102 valence electrons. The maximum atomic E-state index is 5.98. The highest BCUT2D eigenvalue weighted by atomic mass is 16.5. The molecular formula is C15H25NO2. The molecule has 1 rings (SSSR count). The summed E-state index contributed by atoms with van der Waals surface area (Å²) >= 11 is 0. The molecule has 0 amide bonds. The third kappa shape index (κ3) is 4.22. The van der Waals surface area contributed by atoms with Gasteiger partial charge >= 0.3 is 0 Å². The lowest BCUT2D eigenvalue weighted by Gasteiger charge is -2.17. The molecule has 0 saturated carbocycles. The number of rotatable bonds is 8. The van der Waals surface area contributed by atoms with Gasteiger partial charge in [-0.05, 0) is 25.5 Å². The fourth-order valence-corrected chi connectivity index (χ4v) is 1.99. The topological polar surface area (TPSA) is 44.5 Å². The van der Waals surface area contributed by atoms with E-state index in [4.69, 9.17) is 15.2 Å². The molecular weight excluding hydrogens is 226 g/mol. The molecule has 1 aromatic rings. The predicted octanol–water partition coefficient (Wildman–Crippen LogP) is 3.67. The van der Waals surface area contributed by atoms with Crippen LogP contribution in [0, 0.1) is 0 Å². The summed E-state index contributed by atoms with van der Waals surface area (Å²) in [6.45, 7) is 4.89. The van der Waals surface area contributed by atoms with Gasteiger partial charge in [-0.25, -0.2) is 0 Å². The lowest BCUT2D eigenvalue weighted by molar-refractivity contribution is 0.297. The van der Waals surface area contributed by atoms with Crippen molar-refractivity contribution in [1.29, 1.82) is 0 Å². The second-order valence-electron chi connectivity index (χ2n) is 4.57. The first-order valence-corrected chi connectivity index (χ1v) is 6.76. The summed E-state index contributed by atoms with van der Waals surface area (Å²) in [6, 6.07) is 5.72. The van der Waals surface area contributed by atoms with E-state index >= 15 is 0 Å². The first-order chi connectivity index (χ1) is 8.70. The highest BCUT2D eigenvalue weighted by molar-refractivity contribution is 5.46. The minimum absolute atomic E-state index is 0.0909. The van der Waals surface area contributed by atoms with Crippen molar-refractivity contribution in [1.82, 2.24) is 0 Å². The van der Waals surface area contributed by atoms with Crippen LogP contribution in [-0.2, 0) is 0 Å². The van der Waals surface area contributed by atoms with Crippen LogP contribution in [0.15, 0.2) is 18.2 Å². The number of hydrogen-bond acceptors (Lipinski definition) is 3. The summed E-state index contributed by atoms with van der Waals surface area (Å²) < 4.78 is 11.2. The summed E-state index contributed by atoms with van der Waals surface area (Å²) in [5.74, 6) is 1.65. The molecule has 0 bridgehead atoms. The lowest BCUT2D eigenvalue weighted by Crippen LogP contribution is -2.10. The molecule has 0 radical (unpaired) electrons. The number of nitrogens with two attached hydrogens (primary N) is 1. The van der Waals surface area contributed by atoms with Gasteiger partial charge in [-0.2, -0.15) is 0 Å². The van der Waals surface area contributed by atoms with Gasteiger partial charge in [-0.15, -0.1) is 0 Å². The van der Waals surface area contributed by atoms with Gasteiger partial charge in [0, 0.05) is 6.04 Å². The van der Waals surface area contributed by atoms with Gasteiger partial charge in [-0.1, -0.05) is 32.3 Å². The molecule has 0 aliphatic rings. The maximum absolute atomic E-state index is 5.98. The summed E-state index contributed by atoms with van der Waals surface area (Å²) in [5, 5.41) is 0. The van der Waals surface area contributed by atoms with Crippen LogP contribution >= 0.6 is 0 Å². The Labute approximate surface area is 110 Å². The first-order valence-electron chi connectivity index (χ1n) is 6.76. The van der Waals surface area contributed by atoms with Crippen LogP contribution in [0.4, 0.5) is 0 Å². The fourth-order valence-electron chi connectivity index (χ4n) is 1.99. The molecule has 3 nitrogen and oxygen atoms in total. The van der Waals surface area contributed by atoms with Crippen molar-refractivity contribution >= 4 is 0 Å². The summed E-state index contributed by atoms with van der Waals surface area (Å²) in [6.07, 6.45) is 4.81. The van der Waals surface area contributed by atoms with Crippen molar-refractivity contribution in [3.63, 3.8) is 0 Å². The minimum Gasteiger partial charge on any atom is -0.496 e. The van der Waals surface area contributed by atoms with Crippen LogP contribution < -0.4 is 15.2 Å². The number of hydrogen-bond donors (Lipinski definition) is 1. The Kier molecular flexibility index (Phi) is 6.58. The molecule has 2 N–H and O–H groups in total. The Balaban J connectivity index is 2.64. The van der Waals surface area contributed by atoms with Gasteiger partial charge in [0.05, 0.1) is 19.3 Å². The van der Waals surface area contributed by atoms with Gasteiger partial charge in [0.25, 0.3) is 0 Å². The number of unbranched alkanes of at least 4 members (excludes halogenated alkanes) is 3. The van der Waals surface area contributed by atoms with Gasteiger partial charge in [0.1, 0.15) is 11.5 Å².